The molecular formula is C24H28N2O4. The number of carbonyl (C=O) groups excluding carboxylic acids is 3. The van der Waals surface area contributed by atoms with Crippen LogP contribution in [0.4, 0.5) is 0 Å². The molecule has 7 atom stereocenters. The molecule has 158 valence electrons. The average Bonchev–Trinajstić information content (AvgIpc) is 2.86. The predicted molar refractivity (Wildman–Crippen MR) is 111 cm³/mol. The largest absolute Gasteiger partial charge is 0.512 e. The summed E-state index contributed by atoms with van der Waals surface area (Å²) >= 11 is 0. The van der Waals surface area contributed by atoms with Gasteiger partial charge in [0.2, 0.25) is 11.8 Å². The van der Waals surface area contributed by atoms with Crippen molar-refractivity contribution in [2.45, 2.75) is 38.1 Å². The van der Waals surface area contributed by atoms with Gasteiger partial charge in [-0.1, -0.05) is 30.9 Å². The second-order valence-electron chi connectivity index (χ2n) is 9.92. The Balaban J connectivity index is 1.26. The normalized spacial score (nSPS) is 43.1. The predicted octanol–water partition coefficient (Wildman–Crippen LogP) is 2.43. The van der Waals surface area contributed by atoms with E-state index in [1.807, 2.05) is 0 Å². The number of nitrogens with two attached hydrogens (primary N) is 1. The topological polar surface area (TPSA) is 101 Å². The van der Waals surface area contributed by atoms with Gasteiger partial charge in [0.1, 0.15) is 5.76 Å². The number of likely N-dealkylation sites (tertiary alicyclic amines) is 1. The Morgan fingerprint density at radius 1 is 1.07 bits per heavy atom. The summed E-state index contributed by atoms with van der Waals surface area (Å²) in [6, 6.07) is 0. The van der Waals surface area contributed by atoms with E-state index in [1.165, 1.54) is 4.90 Å². The van der Waals surface area contributed by atoms with Gasteiger partial charge in [0.15, 0.2) is 5.78 Å². The Morgan fingerprint density at radius 3 is 2.10 bits per heavy atom. The first-order valence-corrected chi connectivity index (χ1v) is 10.8. The summed E-state index contributed by atoms with van der Waals surface area (Å²) in [6.45, 7) is 5.98. The molecule has 1 aliphatic heterocycles. The average molecular weight is 408 g/mol. The Morgan fingerprint density at radius 2 is 1.60 bits per heavy atom. The number of rotatable bonds is 4. The van der Waals surface area contributed by atoms with E-state index in [4.69, 9.17) is 5.73 Å². The van der Waals surface area contributed by atoms with E-state index in [-0.39, 0.29) is 72.0 Å². The van der Waals surface area contributed by atoms with E-state index in [1.54, 1.807) is 6.92 Å². The molecule has 3 N–H and O–H groups in total. The van der Waals surface area contributed by atoms with Gasteiger partial charge < -0.3 is 10.8 Å². The van der Waals surface area contributed by atoms with Crippen LogP contribution in [0.3, 0.4) is 0 Å². The lowest BCUT2D eigenvalue weighted by molar-refractivity contribution is -0.140. The number of imide groups is 1. The number of allylic oxidation sites excluding steroid dienone is 6. The Bertz CT molecular complexity index is 894. The Hall–Kier alpha value is -2.47. The van der Waals surface area contributed by atoms with Crippen molar-refractivity contribution in [2.75, 3.05) is 6.54 Å². The van der Waals surface area contributed by atoms with E-state index in [0.717, 1.165) is 0 Å². The summed E-state index contributed by atoms with van der Waals surface area (Å²) in [4.78, 5) is 39.9. The van der Waals surface area contributed by atoms with Gasteiger partial charge in [-0.05, 0) is 49.0 Å². The molecule has 2 saturated carbocycles. The van der Waals surface area contributed by atoms with Crippen LogP contribution in [0.15, 0.2) is 47.8 Å². The molecule has 2 bridgehead atoms. The molecule has 7 unspecified atom stereocenters. The highest BCUT2D eigenvalue weighted by Gasteiger charge is 2.62. The number of hydrogen-bond donors (Lipinski definition) is 2. The Kier molecular flexibility index (Phi) is 4.23. The van der Waals surface area contributed by atoms with Crippen molar-refractivity contribution in [1.82, 2.24) is 4.90 Å². The summed E-state index contributed by atoms with van der Waals surface area (Å²) in [7, 11) is 0. The van der Waals surface area contributed by atoms with Crippen molar-refractivity contribution >= 4 is 17.6 Å². The first-order valence-electron chi connectivity index (χ1n) is 10.8. The zero-order chi connectivity index (χ0) is 21.4. The number of hydrogen-bond acceptors (Lipinski definition) is 5. The third-order valence-corrected chi connectivity index (χ3v) is 7.66. The van der Waals surface area contributed by atoms with Crippen LogP contribution in [0.1, 0.15) is 32.6 Å². The van der Waals surface area contributed by atoms with Crippen LogP contribution in [0.5, 0.6) is 0 Å². The third kappa shape index (κ3) is 2.69. The van der Waals surface area contributed by atoms with Gasteiger partial charge in [0.05, 0.1) is 17.4 Å². The lowest BCUT2D eigenvalue weighted by Gasteiger charge is -2.51. The molecular weight excluding hydrogens is 380 g/mol. The van der Waals surface area contributed by atoms with Gasteiger partial charge >= 0.3 is 0 Å². The fraction of sp³-hybridized carbons (Fsp3) is 0.542. The summed E-state index contributed by atoms with van der Waals surface area (Å²) < 4.78 is 0. The zero-order valence-electron chi connectivity index (χ0n) is 17.2. The molecule has 1 saturated heterocycles. The maximum Gasteiger partial charge on any atom is 0.233 e. The molecule has 0 spiro atoms. The van der Waals surface area contributed by atoms with Gasteiger partial charge in [0, 0.05) is 24.9 Å². The van der Waals surface area contributed by atoms with E-state index in [9.17, 15) is 19.5 Å². The molecule has 0 aromatic rings. The molecule has 0 radical (unpaired) electrons. The monoisotopic (exact) mass is 408 g/mol. The van der Waals surface area contributed by atoms with Crippen molar-refractivity contribution in [2.24, 2.45) is 41.2 Å². The van der Waals surface area contributed by atoms with Crippen molar-refractivity contribution in [3.05, 3.63) is 47.8 Å². The van der Waals surface area contributed by atoms with Crippen molar-refractivity contribution in [1.29, 1.82) is 0 Å². The molecule has 5 aliphatic carbocycles. The molecule has 6 nitrogen and oxygen atoms in total. The first-order chi connectivity index (χ1) is 14.2. The highest BCUT2D eigenvalue weighted by Crippen LogP contribution is 2.58. The molecule has 3 fully saturated rings. The minimum absolute atomic E-state index is 0.0130. The van der Waals surface area contributed by atoms with Crippen LogP contribution in [-0.4, -0.2) is 39.7 Å². The van der Waals surface area contributed by atoms with Gasteiger partial charge in [-0.25, -0.2) is 0 Å². The number of aliphatic hydroxyl groups excluding tert-OH is 1. The molecule has 30 heavy (non-hydrogen) atoms. The maximum absolute atomic E-state index is 13.1. The fourth-order valence-electron chi connectivity index (χ4n) is 6.36. The lowest BCUT2D eigenvalue weighted by atomic mass is 9.50. The Labute approximate surface area is 176 Å². The summed E-state index contributed by atoms with van der Waals surface area (Å²) in [6.07, 6.45) is 9.88. The molecule has 1 heterocycles. The number of ketones is 1. The molecule has 6 heteroatoms. The van der Waals surface area contributed by atoms with Crippen LogP contribution < -0.4 is 5.73 Å². The van der Waals surface area contributed by atoms with Gasteiger partial charge in [-0.15, -0.1) is 0 Å². The second kappa shape index (κ2) is 6.51. The van der Waals surface area contributed by atoms with Gasteiger partial charge in [0.25, 0.3) is 0 Å². The summed E-state index contributed by atoms with van der Waals surface area (Å²) in [5, 5.41) is 10.5. The number of nitrogens with zero attached hydrogens (tertiary/aromatic N) is 1. The van der Waals surface area contributed by atoms with Crippen LogP contribution in [0.25, 0.3) is 0 Å². The molecule has 0 aromatic carbocycles. The highest BCUT2D eigenvalue weighted by atomic mass is 16.3. The van der Waals surface area contributed by atoms with Crippen LogP contribution >= 0.6 is 0 Å². The van der Waals surface area contributed by atoms with Crippen LogP contribution in [0, 0.1) is 35.5 Å². The van der Waals surface area contributed by atoms with E-state index >= 15 is 0 Å². The van der Waals surface area contributed by atoms with Crippen molar-refractivity contribution in [3.8, 4) is 0 Å². The molecule has 0 aromatic heterocycles. The number of carbonyl (C=O) groups is 3. The quantitative estimate of drug-likeness (QED) is 0.322. The van der Waals surface area contributed by atoms with E-state index in [2.05, 4.69) is 30.9 Å². The second-order valence-corrected chi connectivity index (χ2v) is 9.92. The van der Waals surface area contributed by atoms with Crippen molar-refractivity contribution < 1.29 is 19.5 Å². The van der Waals surface area contributed by atoms with Crippen LogP contribution in [-0.2, 0) is 14.4 Å². The molecule has 6 aliphatic rings. The summed E-state index contributed by atoms with van der Waals surface area (Å²) in [5.74, 6) is 0.187. The molecule has 6 rings (SSSR count). The smallest absolute Gasteiger partial charge is 0.233 e. The van der Waals surface area contributed by atoms with E-state index < -0.39 is 5.54 Å². The van der Waals surface area contributed by atoms with Gasteiger partial charge in [-0.2, -0.15) is 0 Å². The van der Waals surface area contributed by atoms with Crippen molar-refractivity contribution in [3.63, 3.8) is 0 Å². The standard InChI is InChI=1S/C24H28N2O4/c1-12-10-24(2,25)11-18(28)19(12)17(27)4-3-9-26-22(29)20-15-7-8-16(21(20)23(26)30)14-6-5-13(14)15/h5-8,13-16,20-21,27H,1,3-4,9-11,25H2,2H3/b19-17-. The highest BCUT2D eigenvalue weighted by molar-refractivity contribution is 6.06. The van der Waals surface area contributed by atoms with E-state index in [0.29, 0.717) is 30.3 Å². The zero-order valence-corrected chi connectivity index (χ0v) is 17.2. The molecule has 2 amide bonds. The maximum atomic E-state index is 13.1. The minimum atomic E-state index is -0.635. The number of Topliss-reactive ketones (excluding diaryl/α,β-unsaturated/α-hetero) is 1. The fourth-order valence-corrected chi connectivity index (χ4v) is 6.36. The van der Waals surface area contributed by atoms with Gasteiger partial charge in [-0.3, -0.25) is 19.3 Å². The minimum Gasteiger partial charge on any atom is -0.512 e. The third-order valence-electron chi connectivity index (χ3n) is 7.66. The SMILES string of the molecule is C=C1CC(C)(N)CC(=O)/C1=C(\O)CCCN1C(=O)C2C3C=CC(C4C=CC43)C2C1=O. The number of amides is 2. The summed E-state index contributed by atoms with van der Waals surface area (Å²) in [5.41, 5.74) is 6.26. The van der Waals surface area contributed by atoms with Crippen LogP contribution in [0.2, 0.25) is 0 Å². The number of aliphatic hydroxyl groups is 1. The lowest BCUT2D eigenvalue weighted by Crippen LogP contribution is -2.50. The first kappa shape index (κ1) is 19.5.